The number of nitrogens with zero attached hydrogens (tertiary/aromatic N) is 1. The number of amides is 2. The largest absolute Gasteiger partial charge is 0.445 e. The number of pyridine rings is 1. The highest BCUT2D eigenvalue weighted by molar-refractivity contribution is 6.05. The molecule has 1 heterocycles. The van der Waals surface area contributed by atoms with Crippen molar-refractivity contribution in [3.05, 3.63) is 102 Å². The minimum atomic E-state index is -0.507. The molecule has 0 aliphatic rings. The van der Waals surface area contributed by atoms with E-state index in [9.17, 15) is 9.59 Å². The Bertz CT molecular complexity index is 1260. The van der Waals surface area contributed by atoms with Gasteiger partial charge >= 0.3 is 6.09 Å². The molecule has 7 nitrogen and oxygen atoms in total. The van der Waals surface area contributed by atoms with Gasteiger partial charge in [-0.2, -0.15) is 0 Å². The first-order valence-corrected chi connectivity index (χ1v) is 10.1. The molecule has 1 aromatic heterocycles. The predicted molar refractivity (Wildman–Crippen MR) is 124 cm³/mol. The van der Waals surface area contributed by atoms with Gasteiger partial charge in [0.25, 0.3) is 5.91 Å². The molecule has 0 saturated heterocycles. The number of hydrogen-bond acceptors (Lipinski definition) is 5. The number of rotatable bonds is 6. The smallest absolute Gasteiger partial charge is 0.407 e. The zero-order valence-corrected chi connectivity index (χ0v) is 17.2. The van der Waals surface area contributed by atoms with E-state index in [2.05, 4.69) is 15.6 Å². The Labute approximate surface area is 185 Å². The molecule has 160 valence electrons. The lowest BCUT2D eigenvalue weighted by atomic mass is 10.1. The van der Waals surface area contributed by atoms with E-state index in [1.807, 2.05) is 42.5 Å². The molecule has 4 rings (SSSR count). The van der Waals surface area contributed by atoms with Crippen molar-refractivity contribution in [2.75, 3.05) is 11.1 Å². The highest BCUT2D eigenvalue weighted by Crippen LogP contribution is 2.17. The highest BCUT2D eigenvalue weighted by atomic mass is 16.5. The number of nitrogens with one attached hydrogen (secondary N) is 2. The topological polar surface area (TPSA) is 106 Å². The van der Waals surface area contributed by atoms with E-state index in [4.69, 9.17) is 10.5 Å². The van der Waals surface area contributed by atoms with Crippen LogP contribution in [0.3, 0.4) is 0 Å². The third-order valence-electron chi connectivity index (χ3n) is 4.92. The van der Waals surface area contributed by atoms with Gasteiger partial charge in [0.15, 0.2) is 0 Å². The van der Waals surface area contributed by atoms with Crippen molar-refractivity contribution in [1.29, 1.82) is 0 Å². The van der Waals surface area contributed by atoms with Gasteiger partial charge < -0.3 is 21.1 Å². The number of alkyl carbamates (subject to hydrolysis) is 1. The first-order chi connectivity index (χ1) is 15.6. The zero-order chi connectivity index (χ0) is 22.3. The van der Waals surface area contributed by atoms with Crippen molar-refractivity contribution in [2.24, 2.45) is 0 Å². The normalized spacial score (nSPS) is 10.5. The van der Waals surface area contributed by atoms with Crippen molar-refractivity contribution in [2.45, 2.75) is 13.2 Å². The predicted octanol–water partition coefficient (Wildman–Crippen LogP) is 4.50. The molecule has 4 aromatic rings. The summed E-state index contributed by atoms with van der Waals surface area (Å²) in [6.07, 6.45) is 1.05. The molecule has 0 aliphatic heterocycles. The summed E-state index contributed by atoms with van der Waals surface area (Å²) in [5.74, 6) is -0.0390. The summed E-state index contributed by atoms with van der Waals surface area (Å²) in [6.45, 7) is 0.473. The molecule has 0 saturated carbocycles. The van der Waals surface area contributed by atoms with E-state index in [1.54, 1.807) is 42.6 Å². The van der Waals surface area contributed by atoms with Crippen LogP contribution in [0, 0.1) is 0 Å². The van der Waals surface area contributed by atoms with Crippen LogP contribution in [-0.2, 0) is 17.9 Å². The van der Waals surface area contributed by atoms with Crippen LogP contribution in [0.15, 0.2) is 85.1 Å². The fourth-order valence-corrected chi connectivity index (χ4v) is 3.19. The Morgan fingerprint density at radius 3 is 2.41 bits per heavy atom. The van der Waals surface area contributed by atoms with Gasteiger partial charge in [0.05, 0.1) is 5.69 Å². The third kappa shape index (κ3) is 5.20. The van der Waals surface area contributed by atoms with Gasteiger partial charge in [-0.15, -0.1) is 0 Å². The maximum absolute atomic E-state index is 12.4. The molecular formula is C25H22N4O3. The van der Waals surface area contributed by atoms with Crippen LogP contribution in [-0.4, -0.2) is 17.0 Å². The van der Waals surface area contributed by atoms with E-state index in [0.29, 0.717) is 11.3 Å². The number of anilines is 2. The van der Waals surface area contributed by atoms with Crippen LogP contribution < -0.4 is 16.4 Å². The van der Waals surface area contributed by atoms with E-state index >= 15 is 0 Å². The number of hydrogen-bond donors (Lipinski definition) is 3. The summed E-state index contributed by atoms with van der Waals surface area (Å²) in [5, 5.41) is 7.68. The summed E-state index contributed by atoms with van der Waals surface area (Å²) < 4.78 is 5.31. The van der Waals surface area contributed by atoms with Gasteiger partial charge in [-0.3, -0.25) is 4.79 Å². The average molecular weight is 426 g/mol. The second kappa shape index (κ2) is 9.61. The van der Waals surface area contributed by atoms with Crippen molar-refractivity contribution in [3.63, 3.8) is 0 Å². The zero-order valence-electron chi connectivity index (χ0n) is 17.2. The SMILES string of the molecule is Nc1ncccc1NC(=O)c1ccc(CNC(=O)OCc2ccc3ccccc3c2)cc1. The second-order valence-corrected chi connectivity index (χ2v) is 7.20. The fraction of sp³-hybridized carbons (Fsp3) is 0.0800. The third-order valence-corrected chi connectivity index (χ3v) is 4.92. The van der Waals surface area contributed by atoms with Crippen molar-refractivity contribution in [3.8, 4) is 0 Å². The average Bonchev–Trinajstić information content (AvgIpc) is 2.83. The Hall–Kier alpha value is -4.39. The lowest BCUT2D eigenvalue weighted by molar-refractivity contribution is 0.102. The van der Waals surface area contributed by atoms with Gasteiger partial charge in [0, 0.05) is 18.3 Å². The molecule has 3 aromatic carbocycles. The summed E-state index contributed by atoms with van der Waals surface area (Å²) in [7, 11) is 0. The molecule has 32 heavy (non-hydrogen) atoms. The van der Waals surface area contributed by atoms with Gasteiger partial charge in [-0.1, -0.05) is 48.5 Å². The van der Waals surface area contributed by atoms with Crippen LogP contribution in [0.2, 0.25) is 0 Å². The number of benzene rings is 3. The van der Waals surface area contributed by atoms with Gasteiger partial charge in [-0.25, -0.2) is 9.78 Å². The van der Waals surface area contributed by atoms with Crippen molar-refractivity contribution >= 4 is 34.3 Å². The Morgan fingerprint density at radius 1 is 0.875 bits per heavy atom. The fourth-order valence-electron chi connectivity index (χ4n) is 3.19. The number of fused-ring (bicyclic) bond motifs is 1. The Morgan fingerprint density at radius 2 is 1.62 bits per heavy atom. The monoisotopic (exact) mass is 426 g/mol. The number of nitrogen functional groups attached to an aromatic ring is 1. The van der Waals surface area contributed by atoms with E-state index in [-0.39, 0.29) is 24.9 Å². The van der Waals surface area contributed by atoms with Crippen LogP contribution >= 0.6 is 0 Å². The van der Waals surface area contributed by atoms with Gasteiger partial charge in [0.1, 0.15) is 12.4 Å². The van der Waals surface area contributed by atoms with Crippen molar-refractivity contribution in [1.82, 2.24) is 10.3 Å². The van der Waals surface area contributed by atoms with Crippen LogP contribution in [0.25, 0.3) is 10.8 Å². The van der Waals surface area contributed by atoms with Gasteiger partial charge in [0.2, 0.25) is 0 Å². The van der Waals surface area contributed by atoms with Gasteiger partial charge in [-0.05, 0) is 52.2 Å². The molecule has 0 radical (unpaired) electrons. The summed E-state index contributed by atoms with van der Waals surface area (Å²) in [4.78, 5) is 28.3. The molecule has 0 atom stereocenters. The highest BCUT2D eigenvalue weighted by Gasteiger charge is 2.09. The lowest BCUT2D eigenvalue weighted by Gasteiger charge is -2.09. The second-order valence-electron chi connectivity index (χ2n) is 7.20. The lowest BCUT2D eigenvalue weighted by Crippen LogP contribution is -2.23. The Balaban J connectivity index is 1.26. The maximum atomic E-state index is 12.4. The number of carbonyl (C=O) groups excluding carboxylic acids is 2. The number of aromatic nitrogens is 1. The molecule has 4 N–H and O–H groups in total. The Kier molecular flexibility index (Phi) is 6.27. The summed E-state index contributed by atoms with van der Waals surface area (Å²) in [5.41, 5.74) is 8.43. The first kappa shape index (κ1) is 20.9. The minimum absolute atomic E-state index is 0.188. The minimum Gasteiger partial charge on any atom is -0.445 e. The molecule has 0 bridgehead atoms. The molecule has 2 amide bonds. The van der Waals surface area contributed by atoms with E-state index < -0.39 is 6.09 Å². The number of ether oxygens (including phenoxy) is 1. The quantitative estimate of drug-likeness (QED) is 0.421. The molecule has 0 unspecified atom stereocenters. The molecule has 0 fully saturated rings. The molecular weight excluding hydrogens is 404 g/mol. The summed E-state index contributed by atoms with van der Waals surface area (Å²) >= 11 is 0. The first-order valence-electron chi connectivity index (χ1n) is 10.1. The van der Waals surface area contributed by atoms with Crippen molar-refractivity contribution < 1.29 is 14.3 Å². The number of carbonyl (C=O) groups is 2. The van der Waals surface area contributed by atoms with Crippen LogP contribution in [0.4, 0.5) is 16.3 Å². The van der Waals surface area contributed by atoms with Crippen LogP contribution in [0.1, 0.15) is 21.5 Å². The standard InChI is InChI=1S/C25H22N4O3/c26-23-22(6-3-13-27-23)29-24(30)20-11-7-17(8-12-20)15-28-25(31)32-16-18-9-10-19-4-1-2-5-21(19)14-18/h1-14H,15-16H2,(H2,26,27)(H,28,31)(H,29,30). The summed E-state index contributed by atoms with van der Waals surface area (Å²) in [6, 6.07) is 24.3. The molecule has 0 aliphatic carbocycles. The molecule has 7 heteroatoms. The number of nitrogens with two attached hydrogens (primary N) is 1. The van der Waals surface area contributed by atoms with E-state index in [0.717, 1.165) is 21.9 Å². The molecule has 0 spiro atoms. The van der Waals surface area contributed by atoms with Crippen LogP contribution in [0.5, 0.6) is 0 Å². The maximum Gasteiger partial charge on any atom is 0.407 e. The van der Waals surface area contributed by atoms with E-state index in [1.165, 1.54) is 0 Å².